The summed E-state index contributed by atoms with van der Waals surface area (Å²) < 4.78 is 24.3. The molecule has 0 bridgehead atoms. The molecule has 2 aromatic rings. The summed E-state index contributed by atoms with van der Waals surface area (Å²) in [5.74, 6) is 0.472. The number of nitrogens with two attached hydrogens (primary N) is 1. The van der Waals surface area contributed by atoms with Gasteiger partial charge in [0.2, 0.25) is 0 Å². The van der Waals surface area contributed by atoms with E-state index in [2.05, 4.69) is 11.8 Å². The Labute approximate surface area is 154 Å². The number of benzene rings is 2. The van der Waals surface area contributed by atoms with Crippen LogP contribution in [0.5, 0.6) is 5.75 Å². The van der Waals surface area contributed by atoms with Gasteiger partial charge in [-0.15, -0.1) is 0 Å². The quantitative estimate of drug-likeness (QED) is 0.897. The van der Waals surface area contributed by atoms with Crippen molar-refractivity contribution in [2.75, 3.05) is 26.3 Å². The molecule has 2 aromatic carbocycles. The van der Waals surface area contributed by atoms with Crippen molar-refractivity contribution in [2.24, 2.45) is 5.73 Å². The summed E-state index contributed by atoms with van der Waals surface area (Å²) in [5, 5.41) is 0. The first-order valence-electron chi connectivity index (χ1n) is 9.16. The van der Waals surface area contributed by atoms with E-state index in [1.165, 1.54) is 17.7 Å². The number of hydrogen-bond acceptors (Lipinski definition) is 4. The zero-order valence-electron chi connectivity index (χ0n) is 15.2. The molecule has 0 radical (unpaired) electrons. The summed E-state index contributed by atoms with van der Waals surface area (Å²) in [6, 6.07) is 15.2. The molecule has 0 aromatic heterocycles. The van der Waals surface area contributed by atoms with Crippen molar-refractivity contribution in [1.29, 1.82) is 0 Å². The zero-order chi connectivity index (χ0) is 18.4. The number of halogens is 1. The zero-order valence-corrected chi connectivity index (χ0v) is 15.2. The van der Waals surface area contributed by atoms with Crippen molar-refractivity contribution in [3.05, 3.63) is 65.5 Å². The van der Waals surface area contributed by atoms with Crippen LogP contribution in [0.2, 0.25) is 0 Å². The van der Waals surface area contributed by atoms with Gasteiger partial charge in [0.25, 0.3) is 0 Å². The first kappa shape index (κ1) is 18.8. The van der Waals surface area contributed by atoms with Crippen LogP contribution in [0, 0.1) is 5.82 Å². The Hall–Kier alpha value is -1.95. The number of fused-ring (bicyclic) bond motifs is 1. The first-order valence-corrected chi connectivity index (χ1v) is 9.16. The summed E-state index contributed by atoms with van der Waals surface area (Å²) in [6.45, 7) is 6.07. The molecule has 5 heteroatoms. The molecule has 0 amide bonds. The van der Waals surface area contributed by atoms with E-state index in [0.29, 0.717) is 24.9 Å². The Morgan fingerprint density at radius 3 is 2.69 bits per heavy atom. The summed E-state index contributed by atoms with van der Waals surface area (Å²) in [4.78, 5) is 2.42. The van der Waals surface area contributed by atoms with Gasteiger partial charge >= 0.3 is 0 Å². The summed E-state index contributed by atoms with van der Waals surface area (Å²) in [6.07, 6.45) is 1.22. The fourth-order valence-corrected chi connectivity index (χ4v) is 3.36. The lowest BCUT2D eigenvalue weighted by Crippen LogP contribution is -2.50. The van der Waals surface area contributed by atoms with Crippen molar-refractivity contribution in [2.45, 2.75) is 32.0 Å². The summed E-state index contributed by atoms with van der Waals surface area (Å²) >= 11 is 0. The molecule has 1 unspecified atom stereocenters. The molecule has 2 aliphatic heterocycles. The number of ether oxygens (including phenoxy) is 2. The minimum absolute atomic E-state index is 0.229. The third kappa shape index (κ3) is 5.04. The topological polar surface area (TPSA) is 47.7 Å². The van der Waals surface area contributed by atoms with Gasteiger partial charge in [0.05, 0.1) is 12.7 Å². The van der Waals surface area contributed by atoms with Crippen LogP contribution in [0.3, 0.4) is 0 Å². The molecule has 2 atom stereocenters. The van der Waals surface area contributed by atoms with Crippen LogP contribution < -0.4 is 10.5 Å². The second-order valence-corrected chi connectivity index (χ2v) is 6.79. The predicted molar refractivity (Wildman–Crippen MR) is 101 cm³/mol. The molecular formula is C21H27FN2O2. The van der Waals surface area contributed by atoms with Gasteiger partial charge in [-0.2, -0.15) is 0 Å². The average molecular weight is 358 g/mol. The van der Waals surface area contributed by atoms with Crippen LogP contribution in [0.4, 0.5) is 4.39 Å². The van der Waals surface area contributed by atoms with Crippen molar-refractivity contribution < 1.29 is 13.9 Å². The van der Waals surface area contributed by atoms with Gasteiger partial charge in [-0.3, -0.25) is 4.90 Å². The highest BCUT2D eigenvalue weighted by molar-refractivity contribution is 5.36. The van der Waals surface area contributed by atoms with Crippen LogP contribution >= 0.6 is 0 Å². The SMILES string of the molecule is C[C@@H]1CN(C2COc3cc(F)ccc3C2)CCO1.NCc1ccccc1. The normalized spacial score (nSPS) is 22.6. The van der Waals surface area contributed by atoms with Gasteiger partial charge in [0.1, 0.15) is 18.2 Å². The first-order chi connectivity index (χ1) is 12.7. The Morgan fingerprint density at radius 1 is 1.19 bits per heavy atom. The van der Waals surface area contributed by atoms with Gasteiger partial charge in [0, 0.05) is 31.7 Å². The third-order valence-electron chi connectivity index (χ3n) is 4.78. The van der Waals surface area contributed by atoms with Crippen molar-refractivity contribution >= 4 is 0 Å². The van der Waals surface area contributed by atoms with E-state index in [9.17, 15) is 4.39 Å². The maximum atomic E-state index is 13.1. The van der Waals surface area contributed by atoms with E-state index < -0.39 is 0 Å². The molecule has 1 fully saturated rings. The van der Waals surface area contributed by atoms with Gasteiger partial charge in [-0.25, -0.2) is 4.39 Å². The van der Waals surface area contributed by atoms with E-state index in [-0.39, 0.29) is 11.9 Å². The lowest BCUT2D eigenvalue weighted by Gasteiger charge is -2.39. The lowest BCUT2D eigenvalue weighted by atomic mass is 10.0. The van der Waals surface area contributed by atoms with Crippen LogP contribution in [0.25, 0.3) is 0 Å². The third-order valence-corrected chi connectivity index (χ3v) is 4.78. The Kier molecular flexibility index (Phi) is 6.61. The Balaban J connectivity index is 0.000000206. The second kappa shape index (κ2) is 9.12. The number of morpholine rings is 1. The second-order valence-electron chi connectivity index (χ2n) is 6.79. The maximum absolute atomic E-state index is 13.1. The molecular weight excluding hydrogens is 331 g/mol. The molecule has 0 saturated carbocycles. The molecule has 2 heterocycles. The summed E-state index contributed by atoms with van der Waals surface area (Å²) in [5.41, 5.74) is 7.64. The Morgan fingerprint density at radius 2 is 2.00 bits per heavy atom. The molecule has 140 valence electrons. The lowest BCUT2D eigenvalue weighted by molar-refractivity contribution is -0.0425. The van der Waals surface area contributed by atoms with Crippen LogP contribution in [-0.4, -0.2) is 43.3 Å². The van der Waals surface area contributed by atoms with Gasteiger partial charge in [-0.05, 0) is 30.5 Å². The highest BCUT2D eigenvalue weighted by atomic mass is 19.1. The number of hydrogen-bond donors (Lipinski definition) is 1. The average Bonchev–Trinajstić information content (AvgIpc) is 2.68. The maximum Gasteiger partial charge on any atom is 0.126 e. The van der Waals surface area contributed by atoms with Crippen LogP contribution in [-0.2, 0) is 17.7 Å². The minimum atomic E-state index is -0.229. The predicted octanol–water partition coefficient (Wildman–Crippen LogP) is 3.00. The molecule has 2 aliphatic rings. The van der Waals surface area contributed by atoms with E-state index in [1.54, 1.807) is 0 Å². The smallest absolute Gasteiger partial charge is 0.126 e. The molecule has 26 heavy (non-hydrogen) atoms. The van der Waals surface area contributed by atoms with E-state index in [0.717, 1.165) is 31.7 Å². The molecule has 1 saturated heterocycles. The standard InChI is InChI=1S/C14H18FNO2.C7H9N/c1-10-8-16(4-5-17-10)13-6-11-2-3-12(15)7-14(11)18-9-13;8-6-7-4-2-1-3-5-7/h2-3,7,10,13H,4-6,8-9H2,1H3;1-5H,6,8H2/t10-,13?;/m1./s1. The highest BCUT2D eigenvalue weighted by Gasteiger charge is 2.28. The van der Waals surface area contributed by atoms with Crippen molar-refractivity contribution in [3.63, 3.8) is 0 Å². The van der Waals surface area contributed by atoms with Crippen molar-refractivity contribution in [1.82, 2.24) is 4.90 Å². The minimum Gasteiger partial charge on any atom is -0.492 e. The highest BCUT2D eigenvalue weighted by Crippen LogP contribution is 2.28. The molecule has 4 nitrogen and oxygen atoms in total. The Bertz CT molecular complexity index is 696. The summed E-state index contributed by atoms with van der Waals surface area (Å²) in [7, 11) is 0. The largest absolute Gasteiger partial charge is 0.492 e. The fourth-order valence-electron chi connectivity index (χ4n) is 3.36. The van der Waals surface area contributed by atoms with Crippen LogP contribution in [0.1, 0.15) is 18.1 Å². The molecule has 2 N–H and O–H groups in total. The van der Waals surface area contributed by atoms with Gasteiger partial charge in [-0.1, -0.05) is 36.4 Å². The van der Waals surface area contributed by atoms with Gasteiger partial charge < -0.3 is 15.2 Å². The van der Waals surface area contributed by atoms with Crippen molar-refractivity contribution in [3.8, 4) is 5.75 Å². The molecule has 4 rings (SSSR count). The number of rotatable bonds is 2. The number of nitrogens with zero attached hydrogens (tertiary/aromatic N) is 1. The van der Waals surface area contributed by atoms with E-state index in [4.69, 9.17) is 15.2 Å². The van der Waals surface area contributed by atoms with Gasteiger partial charge in [0.15, 0.2) is 0 Å². The molecule has 0 spiro atoms. The van der Waals surface area contributed by atoms with Crippen LogP contribution in [0.15, 0.2) is 48.5 Å². The van der Waals surface area contributed by atoms with E-state index >= 15 is 0 Å². The molecule has 0 aliphatic carbocycles. The monoisotopic (exact) mass is 358 g/mol. The fraction of sp³-hybridized carbons (Fsp3) is 0.429. The van der Waals surface area contributed by atoms with E-state index in [1.807, 2.05) is 36.4 Å².